The summed E-state index contributed by atoms with van der Waals surface area (Å²) in [6.45, 7) is 6.53. The fourth-order valence-corrected chi connectivity index (χ4v) is 10.1. The maximum absolute atomic E-state index is 13.6. The van der Waals surface area contributed by atoms with Crippen LogP contribution in [0.4, 0.5) is 4.39 Å². The van der Waals surface area contributed by atoms with E-state index in [9.17, 15) is 19.1 Å². The molecule has 3 saturated carbocycles. The van der Waals surface area contributed by atoms with Crippen molar-refractivity contribution >= 4 is 29.8 Å². The number of halogens is 1. The number of hydrogen-bond acceptors (Lipinski definition) is 6. The van der Waals surface area contributed by atoms with Gasteiger partial charge in [0.05, 0.1) is 23.7 Å². The molecule has 1 aromatic heterocycles. The first-order valence-electron chi connectivity index (χ1n) is 15.2. The number of ether oxygens (including phenoxy) is 2. The lowest BCUT2D eigenvalue weighted by Crippen LogP contribution is -2.63. The second-order valence-corrected chi connectivity index (χ2v) is 14.4. The topological polar surface area (TPSA) is 90.7 Å². The van der Waals surface area contributed by atoms with Crippen molar-refractivity contribution in [3.05, 3.63) is 53.1 Å². The van der Waals surface area contributed by atoms with E-state index < -0.39 is 33.8 Å². The average molecular weight is 595 g/mol. The van der Waals surface area contributed by atoms with Crippen molar-refractivity contribution in [3.8, 4) is 5.69 Å². The predicted molar refractivity (Wildman–Crippen MR) is 157 cm³/mol. The molecule has 5 aliphatic rings. The van der Waals surface area contributed by atoms with Gasteiger partial charge in [0.1, 0.15) is 5.82 Å². The molecule has 7 nitrogen and oxygen atoms in total. The summed E-state index contributed by atoms with van der Waals surface area (Å²) >= 11 is 4.32. The van der Waals surface area contributed by atoms with E-state index in [1.54, 1.807) is 19.1 Å². The zero-order valence-electron chi connectivity index (χ0n) is 24.4. The molecule has 1 N–H and O–H groups in total. The van der Waals surface area contributed by atoms with Crippen molar-refractivity contribution in [1.29, 1.82) is 0 Å². The summed E-state index contributed by atoms with van der Waals surface area (Å²) in [5, 5.41) is 16.2. The summed E-state index contributed by atoms with van der Waals surface area (Å²) in [4.78, 5) is 26.8. The van der Waals surface area contributed by atoms with E-state index in [1.807, 2.05) is 17.8 Å². The molecule has 4 fully saturated rings. The van der Waals surface area contributed by atoms with Gasteiger partial charge in [-0.05, 0) is 117 Å². The molecule has 0 amide bonds. The number of rotatable bonds is 4. The summed E-state index contributed by atoms with van der Waals surface area (Å²) in [5.41, 5.74) is 0.769. The first-order valence-corrected chi connectivity index (χ1v) is 15.7. The minimum atomic E-state index is -1.40. The lowest BCUT2D eigenvalue weighted by Gasteiger charge is -2.60. The Balaban J connectivity index is 1.21. The maximum Gasteiger partial charge on any atom is 0.339 e. The molecule has 42 heavy (non-hydrogen) atoms. The Bertz CT molecular complexity index is 1480. The zero-order valence-corrected chi connectivity index (χ0v) is 25.3. The molecule has 4 aliphatic carbocycles. The zero-order chi connectivity index (χ0) is 29.7. The van der Waals surface area contributed by atoms with E-state index in [-0.39, 0.29) is 29.0 Å². The van der Waals surface area contributed by atoms with Gasteiger partial charge < -0.3 is 14.6 Å². The lowest BCUT2D eigenvalue weighted by atomic mass is 9.45. The molecule has 8 atom stereocenters. The number of thiol groups is 1. The molecule has 0 bridgehead atoms. The number of carbonyl (C=O) groups excluding carboxylic acids is 2. The molecule has 1 aliphatic heterocycles. The highest BCUT2D eigenvalue weighted by Gasteiger charge is 2.70. The molecule has 2 aromatic rings. The highest BCUT2D eigenvalue weighted by molar-refractivity contribution is 7.96. The van der Waals surface area contributed by atoms with Crippen LogP contribution < -0.4 is 0 Å². The second-order valence-electron chi connectivity index (χ2n) is 14.0. The molecule has 224 valence electrons. The van der Waals surface area contributed by atoms with Crippen LogP contribution in [0, 0.1) is 34.4 Å². The number of benzene rings is 1. The second kappa shape index (κ2) is 9.50. The molecule has 1 saturated heterocycles. The first kappa shape index (κ1) is 28.3. The quantitative estimate of drug-likeness (QED) is 0.360. The Morgan fingerprint density at radius 3 is 2.62 bits per heavy atom. The van der Waals surface area contributed by atoms with Gasteiger partial charge in [0.15, 0.2) is 11.2 Å². The smallest absolute Gasteiger partial charge is 0.339 e. The number of aliphatic hydroxyl groups excluding tert-OH is 1. The Hall–Kier alpha value is -2.49. The van der Waals surface area contributed by atoms with E-state index in [2.05, 4.69) is 30.7 Å². The Morgan fingerprint density at radius 2 is 1.93 bits per heavy atom. The molecule has 2 heterocycles. The van der Waals surface area contributed by atoms with Gasteiger partial charge in [-0.15, -0.1) is 12.6 Å². The molecule has 7 rings (SSSR count). The van der Waals surface area contributed by atoms with Gasteiger partial charge >= 0.3 is 5.97 Å². The minimum absolute atomic E-state index is 0.00454. The van der Waals surface area contributed by atoms with Crippen LogP contribution in [0.2, 0.25) is 0 Å². The average Bonchev–Trinajstić information content (AvgIpc) is 3.64. The number of hydrogen-bond donors (Lipinski definition) is 2. The summed E-state index contributed by atoms with van der Waals surface area (Å²) in [6, 6.07) is 6.36. The van der Waals surface area contributed by atoms with Crippen molar-refractivity contribution < 1.29 is 28.6 Å². The van der Waals surface area contributed by atoms with Gasteiger partial charge in [-0.3, -0.25) is 4.79 Å². The van der Waals surface area contributed by atoms with E-state index in [0.29, 0.717) is 25.9 Å². The van der Waals surface area contributed by atoms with Gasteiger partial charge in [-0.1, -0.05) is 19.4 Å². The van der Waals surface area contributed by atoms with Crippen molar-refractivity contribution in [2.75, 3.05) is 6.61 Å². The summed E-state index contributed by atoms with van der Waals surface area (Å²) < 4.78 is 27.4. The molecule has 9 heteroatoms. The third-order valence-corrected chi connectivity index (χ3v) is 12.2. The molecular formula is C33H39FN2O5S. The molecule has 0 spiro atoms. The van der Waals surface area contributed by atoms with Crippen LogP contribution >= 0.6 is 12.6 Å². The highest BCUT2D eigenvalue weighted by Crippen LogP contribution is 2.68. The van der Waals surface area contributed by atoms with Crippen LogP contribution in [0.3, 0.4) is 0 Å². The van der Waals surface area contributed by atoms with Crippen LogP contribution in [-0.2, 0) is 25.5 Å². The highest BCUT2D eigenvalue weighted by atomic mass is 32.1. The van der Waals surface area contributed by atoms with Crippen molar-refractivity contribution in [2.45, 2.75) is 89.4 Å². The van der Waals surface area contributed by atoms with Gasteiger partial charge in [0.25, 0.3) is 0 Å². The first-order chi connectivity index (χ1) is 19.9. The molecular weight excluding hydrogens is 555 g/mol. The summed E-state index contributed by atoms with van der Waals surface area (Å²) in [7, 11) is 0. The third-order valence-electron chi connectivity index (χ3n) is 11.9. The summed E-state index contributed by atoms with van der Waals surface area (Å²) in [6.07, 6.45) is 8.79. The fraction of sp³-hybridized carbons (Fsp3) is 0.606. The third kappa shape index (κ3) is 3.81. The Kier molecular flexibility index (Phi) is 6.40. The van der Waals surface area contributed by atoms with E-state index >= 15 is 0 Å². The van der Waals surface area contributed by atoms with Crippen molar-refractivity contribution in [3.63, 3.8) is 0 Å². The van der Waals surface area contributed by atoms with Gasteiger partial charge in [0.2, 0.25) is 5.12 Å². The largest absolute Gasteiger partial charge is 0.447 e. The van der Waals surface area contributed by atoms with Crippen LogP contribution in [0.5, 0.6) is 0 Å². The number of aliphatic hydroxyl groups is 1. The van der Waals surface area contributed by atoms with E-state index in [4.69, 9.17) is 9.47 Å². The lowest BCUT2D eigenvalue weighted by molar-refractivity contribution is -0.208. The van der Waals surface area contributed by atoms with Gasteiger partial charge in [0, 0.05) is 12.0 Å². The van der Waals surface area contributed by atoms with E-state index in [0.717, 1.165) is 49.0 Å². The van der Waals surface area contributed by atoms with Crippen LogP contribution in [0.25, 0.3) is 11.8 Å². The number of nitrogens with zero attached hydrogens (tertiary/aromatic N) is 2. The fourth-order valence-electron chi connectivity index (χ4n) is 9.73. The predicted octanol–water partition coefficient (Wildman–Crippen LogP) is 5.47. The van der Waals surface area contributed by atoms with Crippen molar-refractivity contribution in [2.24, 2.45) is 28.6 Å². The number of carbonyl (C=O) groups is 2. The number of allylic oxidation sites excluding steroid dienone is 1. The van der Waals surface area contributed by atoms with Crippen LogP contribution in [0.15, 0.2) is 36.0 Å². The Morgan fingerprint density at radius 1 is 1.17 bits per heavy atom. The standard InChI is InChI=1S/C33H39FN2O5S/c1-30-16-19-18-35-36(22-8-6-21(34)7-9-22)25(19)15-20(30)5-10-23-24-11-13-33(29(39)42,31(24,2)17-26(37)27(23)30)41-28(38)32(3)12-4-14-40-32/h6-9,15,18,23-24,26-27,37H,4-5,10-14,16-17H2,1-3H3,(H,39,42)/t23-,24-,26-,27+,30-,31-,32?,33-/m0/s1. The number of esters is 1. The van der Waals surface area contributed by atoms with Gasteiger partial charge in [-0.2, -0.15) is 5.10 Å². The van der Waals surface area contributed by atoms with E-state index in [1.165, 1.54) is 17.7 Å². The minimum Gasteiger partial charge on any atom is -0.447 e. The molecule has 0 radical (unpaired) electrons. The normalized spacial score (nSPS) is 40.4. The maximum atomic E-state index is 13.6. The number of fused-ring (bicyclic) bond motifs is 6. The van der Waals surface area contributed by atoms with Crippen molar-refractivity contribution in [1.82, 2.24) is 9.78 Å². The Labute approximate surface area is 251 Å². The number of aromatic nitrogens is 2. The summed E-state index contributed by atoms with van der Waals surface area (Å²) in [5.74, 6) is -0.515. The molecule has 1 aromatic carbocycles. The monoisotopic (exact) mass is 594 g/mol. The molecule has 1 unspecified atom stereocenters. The van der Waals surface area contributed by atoms with Crippen LogP contribution in [0.1, 0.15) is 77.0 Å². The van der Waals surface area contributed by atoms with Crippen LogP contribution in [-0.4, -0.2) is 49.9 Å². The van der Waals surface area contributed by atoms with Gasteiger partial charge in [-0.25, -0.2) is 13.9 Å². The SMILES string of the molecule is CC1(C(=O)O[C@]2(C(=O)S)CC[C@H]3[C@@H]4CCC5=Cc6c(cnn6-c6ccc(F)cc6)C[C@]5(C)[C@H]4[C@@H](O)C[C@@]32C)CCCO1.